The Kier molecular flexibility index (Phi) is 3.41. The second-order valence-electron chi connectivity index (χ2n) is 3.88. The molecule has 1 aromatic heterocycles. The lowest BCUT2D eigenvalue weighted by molar-refractivity contribution is 0.0587. The lowest BCUT2D eigenvalue weighted by atomic mass is 10.1. The topological polar surface area (TPSA) is 44.1 Å². The first-order valence-corrected chi connectivity index (χ1v) is 5.49. The third kappa shape index (κ3) is 2.11. The molecule has 1 atom stereocenters. The maximum Gasteiger partial charge on any atom is 0.356 e. The fourth-order valence-electron chi connectivity index (χ4n) is 1.84. The minimum atomic E-state index is -0.490. The third-order valence-electron chi connectivity index (χ3n) is 2.83. The molecule has 94 valence electrons. The largest absolute Gasteiger partial charge is 0.464 e. The highest BCUT2D eigenvalue weighted by Crippen LogP contribution is 2.22. The van der Waals surface area contributed by atoms with Crippen molar-refractivity contribution in [1.29, 1.82) is 0 Å². The van der Waals surface area contributed by atoms with Gasteiger partial charge in [-0.1, -0.05) is 18.2 Å². The summed E-state index contributed by atoms with van der Waals surface area (Å²) < 4.78 is 19.9. The zero-order valence-corrected chi connectivity index (χ0v) is 10.1. The molecule has 0 saturated heterocycles. The SMILES string of the molecule is COC(=O)c1cncn1[C@H](C)c1ccccc1F. The second kappa shape index (κ2) is 5.00. The van der Waals surface area contributed by atoms with Gasteiger partial charge in [0.2, 0.25) is 0 Å². The van der Waals surface area contributed by atoms with E-state index in [0.29, 0.717) is 11.3 Å². The van der Waals surface area contributed by atoms with Gasteiger partial charge in [-0.3, -0.25) is 0 Å². The Bertz CT molecular complexity index is 566. The van der Waals surface area contributed by atoms with Crippen LogP contribution in [-0.2, 0) is 4.74 Å². The number of benzene rings is 1. The molecule has 2 aromatic rings. The van der Waals surface area contributed by atoms with Crippen LogP contribution in [0.5, 0.6) is 0 Å². The zero-order chi connectivity index (χ0) is 13.1. The number of rotatable bonds is 3. The number of halogens is 1. The number of carbonyl (C=O) groups is 1. The molecule has 0 radical (unpaired) electrons. The Labute approximate surface area is 104 Å². The molecule has 1 aromatic carbocycles. The predicted octanol–water partition coefficient (Wildman–Crippen LogP) is 2.42. The lowest BCUT2D eigenvalue weighted by Crippen LogP contribution is -2.15. The van der Waals surface area contributed by atoms with Gasteiger partial charge in [0.05, 0.1) is 25.7 Å². The number of esters is 1. The summed E-state index contributed by atoms with van der Waals surface area (Å²) in [6, 6.07) is 6.12. The maximum atomic E-state index is 13.7. The molecule has 0 saturated carbocycles. The molecule has 5 heteroatoms. The van der Waals surface area contributed by atoms with Crippen molar-refractivity contribution in [2.24, 2.45) is 0 Å². The summed E-state index contributed by atoms with van der Waals surface area (Å²) in [7, 11) is 1.30. The van der Waals surface area contributed by atoms with Gasteiger partial charge >= 0.3 is 5.97 Å². The van der Waals surface area contributed by atoms with Crippen LogP contribution in [0, 0.1) is 5.82 Å². The molecule has 4 nitrogen and oxygen atoms in total. The molecule has 1 heterocycles. The number of aromatic nitrogens is 2. The first kappa shape index (κ1) is 12.3. The Hall–Kier alpha value is -2.17. The number of hydrogen-bond donors (Lipinski definition) is 0. The van der Waals surface area contributed by atoms with Crippen molar-refractivity contribution in [3.63, 3.8) is 0 Å². The van der Waals surface area contributed by atoms with Crippen LogP contribution in [0.4, 0.5) is 4.39 Å². The van der Waals surface area contributed by atoms with Crippen molar-refractivity contribution in [3.05, 3.63) is 53.9 Å². The van der Waals surface area contributed by atoms with Crippen LogP contribution in [0.3, 0.4) is 0 Å². The summed E-state index contributed by atoms with van der Waals surface area (Å²) in [5, 5.41) is 0. The molecule has 0 aliphatic heterocycles. The van der Waals surface area contributed by atoms with E-state index in [1.54, 1.807) is 29.7 Å². The average Bonchev–Trinajstić information content (AvgIpc) is 2.86. The summed E-state index contributed by atoms with van der Waals surface area (Å²) in [5.74, 6) is -0.801. The van der Waals surface area contributed by atoms with E-state index in [-0.39, 0.29) is 11.9 Å². The molecule has 18 heavy (non-hydrogen) atoms. The first-order chi connectivity index (χ1) is 8.65. The van der Waals surface area contributed by atoms with Gasteiger partial charge in [-0.2, -0.15) is 0 Å². The van der Waals surface area contributed by atoms with Gasteiger partial charge in [-0.05, 0) is 13.0 Å². The van der Waals surface area contributed by atoms with Crippen molar-refractivity contribution in [2.75, 3.05) is 7.11 Å². The predicted molar refractivity (Wildman–Crippen MR) is 63.8 cm³/mol. The van der Waals surface area contributed by atoms with Crippen molar-refractivity contribution < 1.29 is 13.9 Å². The normalized spacial score (nSPS) is 12.2. The molecule has 0 amide bonds. The van der Waals surface area contributed by atoms with E-state index in [1.165, 1.54) is 25.7 Å². The van der Waals surface area contributed by atoms with Gasteiger partial charge < -0.3 is 9.30 Å². The summed E-state index contributed by atoms with van der Waals surface area (Å²) in [6.45, 7) is 1.80. The molecule has 0 unspecified atom stereocenters. The minimum absolute atomic E-state index is 0.299. The zero-order valence-electron chi connectivity index (χ0n) is 10.1. The van der Waals surface area contributed by atoms with Crippen LogP contribution in [0.15, 0.2) is 36.8 Å². The maximum absolute atomic E-state index is 13.7. The lowest BCUT2D eigenvalue weighted by Gasteiger charge is -2.16. The van der Waals surface area contributed by atoms with E-state index in [1.807, 2.05) is 0 Å². The van der Waals surface area contributed by atoms with Gasteiger partial charge in [-0.15, -0.1) is 0 Å². The van der Waals surface area contributed by atoms with Crippen LogP contribution in [0.2, 0.25) is 0 Å². The van der Waals surface area contributed by atoms with Crippen LogP contribution in [0.25, 0.3) is 0 Å². The second-order valence-corrected chi connectivity index (χ2v) is 3.88. The number of imidazole rings is 1. The fraction of sp³-hybridized carbons (Fsp3) is 0.231. The van der Waals surface area contributed by atoms with E-state index in [9.17, 15) is 9.18 Å². The number of ether oxygens (including phenoxy) is 1. The van der Waals surface area contributed by atoms with Gasteiger partial charge in [0.1, 0.15) is 11.5 Å². The molecule has 0 bridgehead atoms. The molecular formula is C13H13FN2O2. The molecule has 0 spiro atoms. The van der Waals surface area contributed by atoms with Crippen LogP contribution < -0.4 is 0 Å². The highest BCUT2D eigenvalue weighted by Gasteiger charge is 2.19. The van der Waals surface area contributed by atoms with Crippen molar-refractivity contribution in [3.8, 4) is 0 Å². The van der Waals surface area contributed by atoms with Gasteiger partial charge in [-0.25, -0.2) is 14.2 Å². The van der Waals surface area contributed by atoms with E-state index in [2.05, 4.69) is 9.72 Å². The third-order valence-corrected chi connectivity index (χ3v) is 2.83. The minimum Gasteiger partial charge on any atom is -0.464 e. The summed E-state index contributed by atoms with van der Waals surface area (Å²) in [6.07, 6.45) is 2.90. The first-order valence-electron chi connectivity index (χ1n) is 5.49. The monoisotopic (exact) mass is 248 g/mol. The van der Waals surface area contributed by atoms with Gasteiger partial charge in [0.15, 0.2) is 0 Å². The van der Waals surface area contributed by atoms with Crippen molar-refractivity contribution in [1.82, 2.24) is 9.55 Å². The Morgan fingerprint density at radius 1 is 1.44 bits per heavy atom. The van der Waals surface area contributed by atoms with Crippen LogP contribution in [-0.4, -0.2) is 22.6 Å². The molecular weight excluding hydrogens is 235 g/mol. The Balaban J connectivity index is 2.41. The van der Waals surface area contributed by atoms with E-state index < -0.39 is 5.97 Å². The Morgan fingerprint density at radius 2 is 2.17 bits per heavy atom. The van der Waals surface area contributed by atoms with Crippen molar-refractivity contribution in [2.45, 2.75) is 13.0 Å². The number of hydrogen-bond acceptors (Lipinski definition) is 3. The van der Waals surface area contributed by atoms with Gasteiger partial charge in [0, 0.05) is 5.56 Å². The molecule has 0 N–H and O–H groups in total. The number of methoxy groups -OCH3 is 1. The summed E-state index contributed by atoms with van der Waals surface area (Å²) >= 11 is 0. The molecule has 0 fully saturated rings. The highest BCUT2D eigenvalue weighted by molar-refractivity contribution is 5.87. The van der Waals surface area contributed by atoms with Crippen molar-refractivity contribution >= 4 is 5.97 Å². The highest BCUT2D eigenvalue weighted by atomic mass is 19.1. The standard InChI is InChI=1S/C13H13FN2O2/c1-9(10-5-3-4-6-11(10)14)16-8-15-7-12(16)13(17)18-2/h3-9H,1-2H3/t9-/m1/s1. The average molecular weight is 248 g/mol. The number of carbonyl (C=O) groups excluding carboxylic acids is 1. The van der Waals surface area contributed by atoms with Gasteiger partial charge in [0.25, 0.3) is 0 Å². The summed E-state index contributed by atoms with van der Waals surface area (Å²) in [5.41, 5.74) is 0.800. The Morgan fingerprint density at radius 3 is 2.83 bits per heavy atom. The molecule has 2 rings (SSSR count). The number of nitrogens with zero attached hydrogens (tertiary/aromatic N) is 2. The quantitative estimate of drug-likeness (QED) is 0.783. The summed E-state index contributed by atoms with van der Waals surface area (Å²) in [4.78, 5) is 15.4. The fourth-order valence-corrected chi connectivity index (χ4v) is 1.84. The molecule has 0 aliphatic carbocycles. The molecule has 0 aliphatic rings. The van der Waals surface area contributed by atoms with Crippen LogP contribution in [0.1, 0.15) is 29.0 Å². The van der Waals surface area contributed by atoms with E-state index in [0.717, 1.165) is 0 Å². The van der Waals surface area contributed by atoms with E-state index >= 15 is 0 Å². The smallest absolute Gasteiger partial charge is 0.356 e. The van der Waals surface area contributed by atoms with E-state index in [4.69, 9.17) is 0 Å². The van der Waals surface area contributed by atoms with Crippen LogP contribution >= 0.6 is 0 Å².